The van der Waals surface area contributed by atoms with Gasteiger partial charge in [0.25, 0.3) is 0 Å². The van der Waals surface area contributed by atoms with Crippen LogP contribution in [0.1, 0.15) is 76.3 Å². The van der Waals surface area contributed by atoms with E-state index < -0.39 is 0 Å². The molecule has 24 heavy (non-hydrogen) atoms. The number of allylic oxidation sites excluding steroid dienone is 1. The van der Waals surface area contributed by atoms with Crippen molar-refractivity contribution in [3.8, 4) is 5.75 Å². The van der Waals surface area contributed by atoms with Gasteiger partial charge >= 0.3 is 0 Å². The summed E-state index contributed by atoms with van der Waals surface area (Å²) in [5, 5.41) is 3.57. The molecule has 2 atom stereocenters. The van der Waals surface area contributed by atoms with Crippen molar-refractivity contribution >= 4 is 6.08 Å². The van der Waals surface area contributed by atoms with E-state index in [0.717, 1.165) is 12.2 Å². The summed E-state index contributed by atoms with van der Waals surface area (Å²) in [7, 11) is 3.86. The molecule has 0 aromatic heterocycles. The molecule has 1 saturated carbocycles. The molecule has 1 aliphatic carbocycles. The van der Waals surface area contributed by atoms with E-state index in [2.05, 4.69) is 63.5 Å². The van der Waals surface area contributed by atoms with Crippen molar-refractivity contribution in [1.82, 2.24) is 5.32 Å². The van der Waals surface area contributed by atoms with Crippen LogP contribution in [0.15, 0.2) is 24.3 Å². The number of hydrogen-bond acceptors (Lipinski definition) is 2. The predicted octanol–water partition coefficient (Wildman–Crippen LogP) is 5.78. The summed E-state index contributed by atoms with van der Waals surface area (Å²) in [5.74, 6) is 1.56. The molecule has 1 aliphatic rings. The van der Waals surface area contributed by atoms with Gasteiger partial charge in [-0.05, 0) is 61.8 Å². The fourth-order valence-corrected chi connectivity index (χ4v) is 4.18. The Hall–Kier alpha value is -1.28. The maximum Gasteiger partial charge on any atom is 0.126 e. The van der Waals surface area contributed by atoms with E-state index in [1.807, 2.05) is 0 Å². The summed E-state index contributed by atoms with van der Waals surface area (Å²) in [4.78, 5) is 0. The van der Waals surface area contributed by atoms with Crippen LogP contribution in [-0.2, 0) is 0 Å². The Morgan fingerprint density at radius 1 is 1.29 bits per heavy atom. The van der Waals surface area contributed by atoms with E-state index in [1.54, 1.807) is 7.11 Å². The fourth-order valence-electron chi connectivity index (χ4n) is 4.18. The average Bonchev–Trinajstić information content (AvgIpc) is 2.88. The second kappa shape index (κ2) is 8.71. The second-order valence-corrected chi connectivity index (χ2v) is 7.80. The molecule has 0 bridgehead atoms. The third-order valence-electron chi connectivity index (χ3n) is 5.61. The maximum atomic E-state index is 5.57. The summed E-state index contributed by atoms with van der Waals surface area (Å²) >= 11 is 0. The predicted molar refractivity (Wildman–Crippen MR) is 105 cm³/mol. The molecule has 2 nitrogen and oxygen atoms in total. The molecular formula is C22H35NO. The van der Waals surface area contributed by atoms with Crippen LogP contribution in [0.3, 0.4) is 0 Å². The normalized spacial score (nSPS) is 23.0. The lowest BCUT2D eigenvalue weighted by Gasteiger charge is -2.31. The van der Waals surface area contributed by atoms with Gasteiger partial charge in [0.15, 0.2) is 0 Å². The molecule has 0 aliphatic heterocycles. The standard InChI is InChI=1S/C22H35NO/c1-6-7-8-9-10-11-18-16-17(12-13-20(18)24-5)19-14-15-22(2,3)21(19)23-4/h10-13,16,19,21,23H,6-9,14-15H2,1-5H3/b11-10-. The topological polar surface area (TPSA) is 21.3 Å². The van der Waals surface area contributed by atoms with Gasteiger partial charge in [-0.15, -0.1) is 0 Å². The zero-order valence-electron chi connectivity index (χ0n) is 16.2. The molecule has 1 aromatic carbocycles. The van der Waals surface area contributed by atoms with Crippen LogP contribution in [0.5, 0.6) is 5.75 Å². The molecule has 0 saturated heterocycles. The van der Waals surface area contributed by atoms with Crippen molar-refractivity contribution in [2.24, 2.45) is 5.41 Å². The van der Waals surface area contributed by atoms with Crippen LogP contribution in [0.25, 0.3) is 6.08 Å². The first kappa shape index (κ1) is 19.1. The highest BCUT2D eigenvalue weighted by Crippen LogP contribution is 2.46. The molecule has 2 heteroatoms. The largest absolute Gasteiger partial charge is 0.496 e. The lowest BCUT2D eigenvalue weighted by Crippen LogP contribution is -2.38. The Kier molecular flexibility index (Phi) is 6.91. The molecule has 134 valence electrons. The minimum atomic E-state index is 0.357. The van der Waals surface area contributed by atoms with Gasteiger partial charge in [0.2, 0.25) is 0 Å². The van der Waals surface area contributed by atoms with Crippen molar-refractivity contribution in [1.29, 1.82) is 0 Å². The highest BCUT2D eigenvalue weighted by atomic mass is 16.5. The van der Waals surface area contributed by atoms with Crippen molar-refractivity contribution in [2.45, 2.75) is 71.3 Å². The smallest absolute Gasteiger partial charge is 0.126 e. The minimum absolute atomic E-state index is 0.357. The first-order valence-corrected chi connectivity index (χ1v) is 9.55. The van der Waals surface area contributed by atoms with Gasteiger partial charge in [0.1, 0.15) is 5.75 Å². The Morgan fingerprint density at radius 3 is 2.75 bits per heavy atom. The Bertz CT molecular complexity index is 547. The van der Waals surface area contributed by atoms with E-state index in [-0.39, 0.29) is 0 Å². The third-order valence-corrected chi connectivity index (χ3v) is 5.61. The molecule has 2 unspecified atom stereocenters. The van der Waals surface area contributed by atoms with Crippen LogP contribution < -0.4 is 10.1 Å². The first-order valence-electron chi connectivity index (χ1n) is 9.55. The minimum Gasteiger partial charge on any atom is -0.496 e. The first-order chi connectivity index (χ1) is 11.5. The second-order valence-electron chi connectivity index (χ2n) is 7.80. The Labute approximate surface area is 148 Å². The zero-order valence-corrected chi connectivity index (χ0v) is 16.2. The number of unbranched alkanes of at least 4 members (excludes halogenated alkanes) is 3. The van der Waals surface area contributed by atoms with Crippen molar-refractivity contribution in [3.63, 3.8) is 0 Å². The number of nitrogens with one attached hydrogen (secondary N) is 1. The van der Waals surface area contributed by atoms with Gasteiger partial charge in [-0.2, -0.15) is 0 Å². The van der Waals surface area contributed by atoms with E-state index in [9.17, 15) is 0 Å². The molecule has 2 rings (SSSR count). The molecule has 0 radical (unpaired) electrons. The van der Waals surface area contributed by atoms with Crippen LogP contribution >= 0.6 is 0 Å². The van der Waals surface area contributed by atoms with E-state index in [4.69, 9.17) is 4.74 Å². The molecule has 0 heterocycles. The summed E-state index contributed by atoms with van der Waals surface area (Å²) in [5.41, 5.74) is 3.01. The molecule has 1 N–H and O–H groups in total. The summed E-state index contributed by atoms with van der Waals surface area (Å²) in [6.45, 7) is 7.01. The average molecular weight is 330 g/mol. The zero-order chi connectivity index (χ0) is 17.6. The molecule has 1 fully saturated rings. The third kappa shape index (κ3) is 4.42. The van der Waals surface area contributed by atoms with Gasteiger partial charge in [-0.25, -0.2) is 0 Å². The van der Waals surface area contributed by atoms with Gasteiger partial charge in [-0.3, -0.25) is 0 Å². The Balaban J connectivity index is 2.19. The quantitative estimate of drug-likeness (QED) is 0.610. The van der Waals surface area contributed by atoms with Crippen molar-refractivity contribution < 1.29 is 4.74 Å². The SMILES string of the molecule is CCCCC/C=C\c1cc(C2CCC(C)(C)C2NC)ccc1OC. The monoisotopic (exact) mass is 329 g/mol. The summed E-state index contributed by atoms with van der Waals surface area (Å²) in [6.07, 6.45) is 12.1. The summed E-state index contributed by atoms with van der Waals surface area (Å²) in [6, 6.07) is 7.26. The number of benzene rings is 1. The highest BCUT2D eigenvalue weighted by molar-refractivity contribution is 5.59. The highest BCUT2D eigenvalue weighted by Gasteiger charge is 2.41. The van der Waals surface area contributed by atoms with Gasteiger partial charge < -0.3 is 10.1 Å². The Morgan fingerprint density at radius 2 is 2.08 bits per heavy atom. The van der Waals surface area contributed by atoms with Crippen LogP contribution in [0.4, 0.5) is 0 Å². The summed E-state index contributed by atoms with van der Waals surface area (Å²) < 4.78 is 5.57. The molecule has 0 spiro atoms. The van der Waals surface area contributed by atoms with Crippen LogP contribution in [-0.4, -0.2) is 20.2 Å². The fraction of sp³-hybridized carbons (Fsp3) is 0.636. The number of methoxy groups -OCH3 is 1. The molecule has 1 aromatic rings. The number of likely N-dealkylation sites (N-methyl/N-ethyl adjacent to an activating group) is 1. The van der Waals surface area contributed by atoms with Gasteiger partial charge in [-0.1, -0.05) is 51.8 Å². The molecule has 0 amide bonds. The molecular weight excluding hydrogens is 294 g/mol. The number of hydrogen-bond donors (Lipinski definition) is 1. The van der Waals surface area contributed by atoms with Gasteiger partial charge in [0, 0.05) is 11.6 Å². The van der Waals surface area contributed by atoms with Crippen molar-refractivity contribution in [2.75, 3.05) is 14.2 Å². The lowest BCUT2D eigenvalue weighted by molar-refractivity contribution is 0.285. The maximum absolute atomic E-state index is 5.57. The number of rotatable bonds is 8. The van der Waals surface area contributed by atoms with E-state index >= 15 is 0 Å². The lowest BCUT2D eigenvalue weighted by atomic mass is 9.82. The number of ether oxygens (including phenoxy) is 1. The van der Waals surface area contributed by atoms with Gasteiger partial charge in [0.05, 0.1) is 7.11 Å². The van der Waals surface area contributed by atoms with Crippen LogP contribution in [0, 0.1) is 5.41 Å². The van der Waals surface area contributed by atoms with Crippen LogP contribution in [0.2, 0.25) is 0 Å². The van der Waals surface area contributed by atoms with E-state index in [1.165, 1.54) is 43.2 Å². The van der Waals surface area contributed by atoms with Crippen molar-refractivity contribution in [3.05, 3.63) is 35.4 Å². The van der Waals surface area contributed by atoms with E-state index in [0.29, 0.717) is 17.4 Å².